The summed E-state index contributed by atoms with van der Waals surface area (Å²) in [5.74, 6) is -1.72. The Labute approximate surface area is 158 Å². The monoisotopic (exact) mass is 369 g/mol. The summed E-state index contributed by atoms with van der Waals surface area (Å²) in [4.78, 5) is 36.1. The number of carbonyl (C=O) groups excluding carboxylic acids is 3. The fraction of sp³-hybridized carbons (Fsp3) is 0.286. The first-order valence-corrected chi connectivity index (χ1v) is 8.56. The van der Waals surface area contributed by atoms with E-state index in [4.69, 9.17) is 9.47 Å². The maximum atomic E-state index is 12.1. The minimum Gasteiger partial charge on any atom is -0.467 e. The van der Waals surface area contributed by atoms with Crippen LogP contribution in [0.15, 0.2) is 48.5 Å². The molecule has 0 aliphatic carbocycles. The van der Waals surface area contributed by atoms with Crippen molar-refractivity contribution < 1.29 is 23.9 Å². The summed E-state index contributed by atoms with van der Waals surface area (Å²) in [7, 11) is 1.26. The fourth-order valence-corrected chi connectivity index (χ4v) is 2.50. The van der Waals surface area contributed by atoms with Crippen molar-refractivity contribution in [3.8, 4) is 0 Å². The highest BCUT2D eigenvalue weighted by atomic mass is 16.5. The van der Waals surface area contributed by atoms with Crippen molar-refractivity contribution in [3.05, 3.63) is 70.8 Å². The van der Waals surface area contributed by atoms with Gasteiger partial charge < -0.3 is 14.8 Å². The molecule has 2 aromatic carbocycles. The number of esters is 2. The molecule has 0 radical (unpaired) electrons. The molecular formula is C21H23NO5. The van der Waals surface area contributed by atoms with Crippen molar-refractivity contribution in [2.24, 2.45) is 0 Å². The van der Waals surface area contributed by atoms with Gasteiger partial charge in [0.1, 0.15) is 6.04 Å². The van der Waals surface area contributed by atoms with Crippen LogP contribution >= 0.6 is 0 Å². The number of hydrogen-bond donors (Lipinski definition) is 1. The number of aryl methyl sites for hydroxylation is 2. The molecule has 2 aromatic rings. The summed E-state index contributed by atoms with van der Waals surface area (Å²) < 4.78 is 9.79. The molecule has 0 unspecified atom stereocenters. The minimum absolute atomic E-state index is 0.282. The lowest BCUT2D eigenvalue weighted by Gasteiger charge is -2.16. The van der Waals surface area contributed by atoms with Crippen LogP contribution in [0.2, 0.25) is 0 Å². The maximum Gasteiger partial charge on any atom is 0.338 e. The topological polar surface area (TPSA) is 81.7 Å². The van der Waals surface area contributed by atoms with E-state index in [0.29, 0.717) is 5.56 Å². The molecule has 1 amide bonds. The van der Waals surface area contributed by atoms with Crippen molar-refractivity contribution in [3.63, 3.8) is 0 Å². The molecule has 1 N–H and O–H groups in total. The normalized spacial score (nSPS) is 11.4. The van der Waals surface area contributed by atoms with Gasteiger partial charge in [-0.05, 0) is 42.7 Å². The third-order valence-electron chi connectivity index (χ3n) is 4.18. The summed E-state index contributed by atoms with van der Waals surface area (Å²) in [5.41, 5.74) is 3.27. The second-order valence-electron chi connectivity index (χ2n) is 6.21. The Morgan fingerprint density at radius 1 is 1.00 bits per heavy atom. The van der Waals surface area contributed by atoms with Gasteiger partial charge in [0.05, 0.1) is 12.7 Å². The van der Waals surface area contributed by atoms with Crippen LogP contribution in [-0.4, -0.2) is 37.6 Å². The predicted molar refractivity (Wildman–Crippen MR) is 100 cm³/mol. The van der Waals surface area contributed by atoms with Crippen LogP contribution in [0.3, 0.4) is 0 Å². The van der Waals surface area contributed by atoms with Crippen LogP contribution in [0.5, 0.6) is 0 Å². The highest BCUT2D eigenvalue weighted by Crippen LogP contribution is 2.11. The Morgan fingerprint density at radius 3 is 2.33 bits per heavy atom. The third-order valence-corrected chi connectivity index (χ3v) is 4.18. The fourth-order valence-electron chi connectivity index (χ4n) is 2.50. The molecular weight excluding hydrogens is 346 g/mol. The Bertz CT molecular complexity index is 817. The van der Waals surface area contributed by atoms with Crippen molar-refractivity contribution in [2.45, 2.75) is 26.3 Å². The number of ether oxygens (including phenoxy) is 2. The first kappa shape index (κ1) is 20.2. The van der Waals surface area contributed by atoms with Crippen LogP contribution in [0.4, 0.5) is 0 Å². The largest absolute Gasteiger partial charge is 0.467 e. The lowest BCUT2D eigenvalue weighted by Crippen LogP contribution is -2.44. The Hall–Kier alpha value is -3.15. The molecule has 6 nitrogen and oxygen atoms in total. The predicted octanol–water partition coefficient (Wildman–Crippen LogP) is 2.36. The number of amides is 1. The molecule has 0 aliphatic heterocycles. The first-order chi connectivity index (χ1) is 12.9. The van der Waals surface area contributed by atoms with Gasteiger partial charge in [0, 0.05) is 6.42 Å². The lowest BCUT2D eigenvalue weighted by molar-refractivity contribution is -0.145. The van der Waals surface area contributed by atoms with Gasteiger partial charge in [-0.2, -0.15) is 0 Å². The number of nitrogens with one attached hydrogen (secondary N) is 1. The van der Waals surface area contributed by atoms with Crippen molar-refractivity contribution >= 4 is 17.8 Å². The third kappa shape index (κ3) is 5.95. The minimum atomic E-state index is -0.856. The molecule has 2 rings (SSSR count). The zero-order valence-corrected chi connectivity index (χ0v) is 15.7. The molecule has 0 saturated heterocycles. The van der Waals surface area contributed by atoms with E-state index in [1.807, 2.05) is 50.2 Å². The van der Waals surface area contributed by atoms with E-state index in [0.717, 1.165) is 16.7 Å². The quantitative estimate of drug-likeness (QED) is 0.758. The van der Waals surface area contributed by atoms with Crippen LogP contribution < -0.4 is 5.32 Å². The lowest BCUT2D eigenvalue weighted by atomic mass is 10.1. The van der Waals surface area contributed by atoms with Gasteiger partial charge in [-0.15, -0.1) is 0 Å². The molecule has 27 heavy (non-hydrogen) atoms. The second-order valence-corrected chi connectivity index (χ2v) is 6.21. The molecule has 0 bridgehead atoms. The van der Waals surface area contributed by atoms with E-state index in [-0.39, 0.29) is 6.42 Å². The van der Waals surface area contributed by atoms with Crippen molar-refractivity contribution in [1.29, 1.82) is 0 Å². The van der Waals surface area contributed by atoms with Gasteiger partial charge in [0.25, 0.3) is 5.91 Å². The summed E-state index contributed by atoms with van der Waals surface area (Å²) in [6.45, 7) is 3.36. The van der Waals surface area contributed by atoms with E-state index in [1.54, 1.807) is 12.1 Å². The molecule has 6 heteroatoms. The number of methoxy groups -OCH3 is 1. The van der Waals surface area contributed by atoms with Gasteiger partial charge in [-0.3, -0.25) is 4.79 Å². The standard InChI is InChI=1S/C21H23NO5/c1-14-9-10-17(11-15(14)2)20(24)27-13-19(23)22-18(21(25)26-3)12-16-7-5-4-6-8-16/h4-11,18H,12-13H2,1-3H3,(H,22,23)/t18-/m1/s1. The molecule has 142 valence electrons. The number of rotatable bonds is 7. The van der Waals surface area contributed by atoms with Gasteiger partial charge >= 0.3 is 11.9 Å². The zero-order chi connectivity index (χ0) is 19.8. The van der Waals surface area contributed by atoms with Gasteiger partial charge in [0.15, 0.2) is 6.61 Å². The van der Waals surface area contributed by atoms with Gasteiger partial charge in [0.2, 0.25) is 0 Å². The molecule has 0 fully saturated rings. The Morgan fingerprint density at radius 2 is 1.70 bits per heavy atom. The first-order valence-electron chi connectivity index (χ1n) is 8.56. The highest BCUT2D eigenvalue weighted by Gasteiger charge is 2.22. The zero-order valence-electron chi connectivity index (χ0n) is 15.7. The number of carbonyl (C=O) groups is 3. The summed E-state index contributed by atoms with van der Waals surface area (Å²) in [5, 5.41) is 2.55. The molecule has 0 aliphatic rings. The molecule has 0 saturated carbocycles. The van der Waals surface area contributed by atoms with Crippen LogP contribution in [0.25, 0.3) is 0 Å². The number of benzene rings is 2. The van der Waals surface area contributed by atoms with E-state index in [1.165, 1.54) is 7.11 Å². The Balaban J connectivity index is 1.93. The average molecular weight is 369 g/mol. The molecule has 1 atom stereocenters. The summed E-state index contributed by atoms with van der Waals surface area (Å²) in [6, 6.07) is 13.6. The summed E-state index contributed by atoms with van der Waals surface area (Å²) in [6.07, 6.45) is 0.282. The van der Waals surface area contributed by atoms with E-state index < -0.39 is 30.5 Å². The maximum absolute atomic E-state index is 12.1. The number of hydrogen-bond acceptors (Lipinski definition) is 5. The summed E-state index contributed by atoms with van der Waals surface area (Å²) >= 11 is 0. The van der Waals surface area contributed by atoms with E-state index in [2.05, 4.69) is 5.32 Å². The van der Waals surface area contributed by atoms with Gasteiger partial charge in [-0.25, -0.2) is 9.59 Å². The van der Waals surface area contributed by atoms with E-state index >= 15 is 0 Å². The SMILES string of the molecule is COC(=O)[C@@H](Cc1ccccc1)NC(=O)COC(=O)c1ccc(C)c(C)c1. The molecule has 0 heterocycles. The van der Waals surface area contributed by atoms with Crippen LogP contribution in [-0.2, 0) is 25.5 Å². The Kier molecular flexibility index (Phi) is 7.11. The van der Waals surface area contributed by atoms with Gasteiger partial charge in [-0.1, -0.05) is 36.4 Å². The van der Waals surface area contributed by atoms with Crippen molar-refractivity contribution in [1.82, 2.24) is 5.32 Å². The highest BCUT2D eigenvalue weighted by molar-refractivity contribution is 5.92. The van der Waals surface area contributed by atoms with Crippen LogP contribution in [0, 0.1) is 13.8 Å². The molecule has 0 aromatic heterocycles. The molecule has 0 spiro atoms. The van der Waals surface area contributed by atoms with Crippen LogP contribution in [0.1, 0.15) is 27.0 Å². The average Bonchev–Trinajstić information content (AvgIpc) is 2.67. The smallest absolute Gasteiger partial charge is 0.338 e. The second kappa shape index (κ2) is 9.52. The van der Waals surface area contributed by atoms with Crippen molar-refractivity contribution in [2.75, 3.05) is 13.7 Å². The van der Waals surface area contributed by atoms with E-state index in [9.17, 15) is 14.4 Å².